The van der Waals surface area contributed by atoms with E-state index in [0.717, 1.165) is 23.4 Å². The largest absolute Gasteiger partial charge is 0.368 e. The number of thiophene rings is 1. The minimum absolute atomic E-state index is 0.0198. The Morgan fingerprint density at radius 1 is 1.13 bits per heavy atom. The third-order valence-corrected chi connectivity index (χ3v) is 5.80. The van der Waals surface area contributed by atoms with Crippen LogP contribution in [0, 0.1) is 11.6 Å². The first kappa shape index (κ1) is 21.1. The summed E-state index contributed by atoms with van der Waals surface area (Å²) in [6, 6.07) is 13.2. The Morgan fingerprint density at radius 2 is 2.00 bits per heavy atom. The molecule has 1 N–H and O–H groups in total. The van der Waals surface area contributed by atoms with Crippen molar-refractivity contribution in [1.82, 2.24) is 0 Å². The minimum atomic E-state index is -0.826. The molecule has 1 fully saturated rings. The number of anilines is 2. The highest BCUT2D eigenvalue weighted by Gasteiger charge is 2.25. The smallest absolute Gasteiger partial charge is 0.258 e. The molecule has 8 heteroatoms. The topological polar surface area (TPSA) is 58.6 Å². The molecule has 0 spiro atoms. The molecule has 31 heavy (non-hydrogen) atoms. The summed E-state index contributed by atoms with van der Waals surface area (Å²) in [4.78, 5) is 27.8. The molecule has 4 rings (SSSR count). The Kier molecular flexibility index (Phi) is 6.39. The van der Waals surface area contributed by atoms with E-state index in [1.807, 2.05) is 17.5 Å². The van der Waals surface area contributed by atoms with Gasteiger partial charge in [0.1, 0.15) is 17.7 Å². The zero-order valence-corrected chi connectivity index (χ0v) is 17.3. The molecule has 0 radical (unpaired) electrons. The first-order valence-corrected chi connectivity index (χ1v) is 10.7. The Bertz CT molecular complexity index is 1080. The van der Waals surface area contributed by atoms with E-state index in [4.69, 9.17) is 4.74 Å². The van der Waals surface area contributed by atoms with Gasteiger partial charge in [-0.25, -0.2) is 8.78 Å². The Labute approximate surface area is 182 Å². The van der Waals surface area contributed by atoms with Crippen molar-refractivity contribution in [3.05, 3.63) is 82.1 Å². The van der Waals surface area contributed by atoms with Crippen LogP contribution in [0.4, 0.5) is 20.2 Å². The average molecular weight is 442 g/mol. The maximum absolute atomic E-state index is 14.5. The predicted octanol–water partition coefficient (Wildman–Crippen LogP) is 4.99. The molecule has 3 aromatic rings. The maximum atomic E-state index is 14.5. The SMILES string of the molecule is O=C(Nc1cccc(C(=O)N(Cc2cccs2)c2ccc(F)cc2F)c1)C1CCCO1. The monoisotopic (exact) mass is 442 g/mol. The summed E-state index contributed by atoms with van der Waals surface area (Å²) in [5.74, 6) is -2.27. The fraction of sp³-hybridized carbons (Fsp3) is 0.217. The van der Waals surface area contributed by atoms with Crippen molar-refractivity contribution in [1.29, 1.82) is 0 Å². The van der Waals surface area contributed by atoms with Crippen LogP contribution in [-0.2, 0) is 16.1 Å². The van der Waals surface area contributed by atoms with Gasteiger partial charge in [-0.15, -0.1) is 11.3 Å². The number of ether oxygens (including phenoxy) is 1. The van der Waals surface area contributed by atoms with Gasteiger partial charge in [-0.05, 0) is 54.6 Å². The normalized spacial score (nSPS) is 15.6. The van der Waals surface area contributed by atoms with Gasteiger partial charge >= 0.3 is 0 Å². The van der Waals surface area contributed by atoms with E-state index >= 15 is 0 Å². The Morgan fingerprint density at radius 3 is 2.71 bits per heavy atom. The van der Waals surface area contributed by atoms with Gasteiger partial charge in [0, 0.05) is 28.8 Å². The van der Waals surface area contributed by atoms with E-state index in [-0.39, 0.29) is 23.7 Å². The van der Waals surface area contributed by atoms with Crippen LogP contribution in [-0.4, -0.2) is 24.5 Å². The van der Waals surface area contributed by atoms with E-state index in [1.165, 1.54) is 28.4 Å². The molecule has 0 bridgehead atoms. The van der Waals surface area contributed by atoms with E-state index in [0.29, 0.717) is 18.7 Å². The van der Waals surface area contributed by atoms with Crippen molar-refractivity contribution in [2.45, 2.75) is 25.5 Å². The molecule has 1 unspecified atom stereocenters. The molecule has 160 valence electrons. The second kappa shape index (κ2) is 9.36. The number of hydrogen-bond donors (Lipinski definition) is 1. The summed E-state index contributed by atoms with van der Waals surface area (Å²) < 4.78 is 33.3. The Hall–Kier alpha value is -3.10. The molecule has 1 aliphatic rings. The van der Waals surface area contributed by atoms with E-state index < -0.39 is 23.6 Å². The van der Waals surface area contributed by atoms with Crippen LogP contribution in [0.3, 0.4) is 0 Å². The van der Waals surface area contributed by atoms with Crippen LogP contribution in [0.5, 0.6) is 0 Å². The third kappa shape index (κ3) is 4.98. The molecule has 5 nitrogen and oxygen atoms in total. The van der Waals surface area contributed by atoms with Crippen LogP contribution >= 0.6 is 11.3 Å². The molecule has 1 aliphatic heterocycles. The molecular formula is C23H20F2N2O3S. The molecule has 0 aliphatic carbocycles. The number of nitrogens with zero attached hydrogens (tertiary/aromatic N) is 1. The highest BCUT2D eigenvalue weighted by molar-refractivity contribution is 7.09. The first-order valence-electron chi connectivity index (χ1n) is 9.83. The van der Waals surface area contributed by atoms with Gasteiger partial charge in [0.2, 0.25) is 0 Å². The van der Waals surface area contributed by atoms with Crippen molar-refractivity contribution < 1.29 is 23.1 Å². The highest BCUT2D eigenvalue weighted by atomic mass is 32.1. The summed E-state index contributed by atoms with van der Waals surface area (Å²) in [5.41, 5.74) is 0.695. The van der Waals surface area contributed by atoms with Gasteiger partial charge in [-0.3, -0.25) is 9.59 Å². The number of amides is 2. The lowest BCUT2D eigenvalue weighted by Gasteiger charge is -2.23. The average Bonchev–Trinajstić information content (AvgIpc) is 3.46. The van der Waals surface area contributed by atoms with Crippen molar-refractivity contribution in [2.75, 3.05) is 16.8 Å². The fourth-order valence-electron chi connectivity index (χ4n) is 3.42. The van der Waals surface area contributed by atoms with Crippen molar-refractivity contribution in [3.8, 4) is 0 Å². The van der Waals surface area contributed by atoms with Crippen LogP contribution in [0.2, 0.25) is 0 Å². The lowest BCUT2D eigenvalue weighted by Crippen LogP contribution is -2.31. The second-order valence-electron chi connectivity index (χ2n) is 7.14. The summed E-state index contributed by atoms with van der Waals surface area (Å²) in [6.07, 6.45) is 0.989. The van der Waals surface area contributed by atoms with E-state index in [2.05, 4.69) is 5.32 Å². The van der Waals surface area contributed by atoms with Crippen molar-refractivity contribution in [3.63, 3.8) is 0 Å². The number of hydrogen-bond acceptors (Lipinski definition) is 4. The van der Waals surface area contributed by atoms with Gasteiger partial charge < -0.3 is 15.0 Å². The fourth-order valence-corrected chi connectivity index (χ4v) is 4.11. The molecule has 0 saturated carbocycles. The summed E-state index contributed by atoms with van der Waals surface area (Å²) in [6.45, 7) is 0.684. The highest BCUT2D eigenvalue weighted by Crippen LogP contribution is 2.26. The number of nitrogens with one attached hydrogen (secondary N) is 1. The van der Waals surface area contributed by atoms with Gasteiger partial charge in [0.05, 0.1) is 12.2 Å². The minimum Gasteiger partial charge on any atom is -0.368 e. The molecule has 1 atom stereocenters. The number of carbonyl (C=O) groups is 2. The first-order chi connectivity index (χ1) is 15.0. The zero-order chi connectivity index (χ0) is 21.8. The van der Waals surface area contributed by atoms with Crippen LogP contribution in [0.25, 0.3) is 0 Å². The Balaban J connectivity index is 1.61. The summed E-state index contributed by atoms with van der Waals surface area (Å²) in [7, 11) is 0. The van der Waals surface area contributed by atoms with Crippen molar-refractivity contribution in [2.24, 2.45) is 0 Å². The van der Waals surface area contributed by atoms with Crippen LogP contribution in [0.1, 0.15) is 28.1 Å². The maximum Gasteiger partial charge on any atom is 0.258 e. The van der Waals surface area contributed by atoms with Gasteiger partial charge in [0.15, 0.2) is 0 Å². The molecule has 2 aromatic carbocycles. The van der Waals surface area contributed by atoms with Crippen LogP contribution in [0.15, 0.2) is 60.0 Å². The molecule has 1 saturated heterocycles. The number of rotatable bonds is 6. The lowest BCUT2D eigenvalue weighted by atomic mass is 10.1. The van der Waals surface area contributed by atoms with E-state index in [9.17, 15) is 18.4 Å². The molecular weight excluding hydrogens is 422 g/mol. The molecule has 2 heterocycles. The summed E-state index contributed by atoms with van der Waals surface area (Å²) in [5, 5.41) is 4.63. The number of carbonyl (C=O) groups excluding carboxylic acids is 2. The van der Waals surface area contributed by atoms with Crippen molar-refractivity contribution >= 4 is 34.5 Å². The standard InChI is InChI=1S/C23H20F2N2O3S/c24-16-8-9-20(19(25)13-16)27(14-18-6-3-11-31-18)23(29)15-4-1-5-17(12-15)26-22(28)21-7-2-10-30-21/h1,3-6,8-9,11-13,21H,2,7,10,14H2,(H,26,28). The lowest BCUT2D eigenvalue weighted by molar-refractivity contribution is -0.124. The molecule has 1 aromatic heterocycles. The van der Waals surface area contributed by atoms with Gasteiger partial charge in [0.25, 0.3) is 11.8 Å². The number of halogens is 2. The quantitative estimate of drug-likeness (QED) is 0.585. The summed E-state index contributed by atoms with van der Waals surface area (Å²) >= 11 is 1.43. The molecule has 2 amide bonds. The number of benzene rings is 2. The second-order valence-corrected chi connectivity index (χ2v) is 8.17. The predicted molar refractivity (Wildman–Crippen MR) is 115 cm³/mol. The van der Waals surface area contributed by atoms with Gasteiger partial charge in [-0.1, -0.05) is 12.1 Å². The third-order valence-electron chi connectivity index (χ3n) is 4.94. The zero-order valence-electron chi connectivity index (χ0n) is 16.5. The van der Waals surface area contributed by atoms with Crippen LogP contribution < -0.4 is 10.2 Å². The van der Waals surface area contributed by atoms with E-state index in [1.54, 1.807) is 18.2 Å². The van der Waals surface area contributed by atoms with Gasteiger partial charge in [-0.2, -0.15) is 0 Å².